The minimum Gasteiger partial charge on any atom is -0.437 e. The van der Waals surface area contributed by atoms with Gasteiger partial charge in [0.15, 0.2) is 0 Å². The summed E-state index contributed by atoms with van der Waals surface area (Å²) in [6.07, 6.45) is -0.470. The molecule has 1 N–H and O–H groups in total. The number of amides is 2. The van der Waals surface area contributed by atoms with Crippen molar-refractivity contribution in [2.45, 2.75) is 49.9 Å². The Labute approximate surface area is 240 Å². The van der Waals surface area contributed by atoms with Crippen molar-refractivity contribution in [2.24, 2.45) is 0 Å². The Hall–Kier alpha value is -4.19. The summed E-state index contributed by atoms with van der Waals surface area (Å²) in [4.78, 5) is 39.7. The number of hydrogen-bond donors (Lipinski definition) is 1. The molecule has 0 atom stereocenters. The third-order valence-corrected chi connectivity index (χ3v) is 8.94. The van der Waals surface area contributed by atoms with Gasteiger partial charge in [-0.05, 0) is 81.2 Å². The average molecular weight is 579 g/mol. The normalized spacial score (nSPS) is 19.8. The molecule has 2 aromatic carbocycles. The smallest absolute Gasteiger partial charge is 0.423 e. The van der Waals surface area contributed by atoms with Crippen molar-refractivity contribution in [3.8, 4) is 11.6 Å². The molecule has 1 saturated carbocycles. The zero-order valence-electron chi connectivity index (χ0n) is 23.2. The first-order valence-corrected chi connectivity index (χ1v) is 14.0. The predicted octanol–water partition coefficient (Wildman–Crippen LogP) is 5.09. The molecule has 7 rings (SSSR count). The molecule has 4 heterocycles. The summed E-state index contributed by atoms with van der Waals surface area (Å²) in [6, 6.07) is 10.5. The number of piperidine rings is 1. The molecule has 1 saturated heterocycles. The van der Waals surface area contributed by atoms with Gasteiger partial charge in [-0.3, -0.25) is 9.59 Å². The number of hydrogen-bond acceptors (Lipinski definition) is 7. The van der Waals surface area contributed by atoms with Crippen molar-refractivity contribution in [2.75, 3.05) is 37.4 Å². The highest BCUT2D eigenvalue weighted by Gasteiger charge is 2.57. The van der Waals surface area contributed by atoms with Crippen molar-refractivity contribution in [1.29, 1.82) is 0 Å². The Morgan fingerprint density at radius 3 is 2.55 bits per heavy atom. The van der Waals surface area contributed by atoms with Crippen LogP contribution in [0.4, 0.5) is 30.5 Å². The third kappa shape index (κ3) is 4.27. The number of ether oxygens (including phenoxy) is 1. The van der Waals surface area contributed by atoms with Crippen LogP contribution in [-0.2, 0) is 22.9 Å². The topological polar surface area (TPSA) is 90.9 Å². The Morgan fingerprint density at radius 2 is 1.83 bits per heavy atom. The number of carbonyl (C=O) groups excluding carboxylic acids is 2. The summed E-state index contributed by atoms with van der Waals surface area (Å²) in [5, 5.41) is 2.96. The van der Waals surface area contributed by atoms with Crippen molar-refractivity contribution < 1.29 is 27.5 Å². The molecule has 0 unspecified atom stereocenters. The minimum atomic E-state index is -4.78. The highest BCUT2D eigenvalue weighted by Crippen LogP contribution is 2.57. The van der Waals surface area contributed by atoms with Crippen LogP contribution in [0.3, 0.4) is 0 Å². The van der Waals surface area contributed by atoms with Gasteiger partial charge >= 0.3 is 6.18 Å². The van der Waals surface area contributed by atoms with Crippen LogP contribution in [-0.4, -0.2) is 64.8 Å². The lowest BCUT2D eigenvalue weighted by Crippen LogP contribution is -2.45. The maximum absolute atomic E-state index is 14.0. The summed E-state index contributed by atoms with van der Waals surface area (Å²) in [6.45, 7) is 1.85. The van der Waals surface area contributed by atoms with E-state index in [0.717, 1.165) is 55.6 Å². The summed E-state index contributed by atoms with van der Waals surface area (Å²) in [5.41, 5.74) is 1.69. The monoisotopic (exact) mass is 578 g/mol. The summed E-state index contributed by atoms with van der Waals surface area (Å²) < 4.78 is 47.6. The van der Waals surface area contributed by atoms with Gasteiger partial charge in [-0.25, -0.2) is 4.98 Å². The largest absolute Gasteiger partial charge is 0.437 e. The number of benzene rings is 2. The van der Waals surface area contributed by atoms with Crippen molar-refractivity contribution in [3.05, 3.63) is 64.8 Å². The second-order valence-electron chi connectivity index (χ2n) is 11.5. The number of nitrogens with one attached hydrogen (secondary N) is 1. The van der Waals surface area contributed by atoms with Crippen LogP contribution < -0.4 is 15.0 Å². The highest BCUT2D eigenvalue weighted by atomic mass is 19.4. The number of carbonyl (C=O) groups is 2. The van der Waals surface area contributed by atoms with E-state index < -0.39 is 23.2 Å². The van der Waals surface area contributed by atoms with Crippen molar-refractivity contribution in [3.63, 3.8) is 0 Å². The van der Waals surface area contributed by atoms with Crippen LogP contribution in [0.2, 0.25) is 0 Å². The molecule has 2 amide bonds. The van der Waals surface area contributed by atoms with E-state index in [1.54, 1.807) is 30.1 Å². The van der Waals surface area contributed by atoms with Gasteiger partial charge in [-0.2, -0.15) is 18.2 Å². The number of fused-ring (bicyclic) bond motifs is 3. The van der Waals surface area contributed by atoms with Crippen LogP contribution in [0.1, 0.15) is 52.7 Å². The molecular weight excluding hydrogens is 549 g/mol. The first kappa shape index (κ1) is 26.7. The van der Waals surface area contributed by atoms with E-state index in [2.05, 4.69) is 27.2 Å². The molecule has 9 nitrogen and oxygen atoms in total. The second kappa shape index (κ2) is 9.41. The Bertz CT molecular complexity index is 1610. The molecule has 0 bridgehead atoms. The van der Waals surface area contributed by atoms with Gasteiger partial charge in [0.25, 0.3) is 5.91 Å². The number of halogens is 3. The third-order valence-electron chi connectivity index (χ3n) is 8.94. The van der Waals surface area contributed by atoms with Crippen LogP contribution in [0.15, 0.2) is 42.6 Å². The number of nitrogens with zero attached hydrogens (tertiary/aromatic N) is 5. The fourth-order valence-electron chi connectivity index (χ4n) is 6.50. The number of likely N-dealkylation sites (tertiary alicyclic amines) is 1. The molecule has 0 radical (unpaired) electrons. The van der Waals surface area contributed by atoms with E-state index in [1.165, 1.54) is 6.07 Å². The Balaban J connectivity index is 1.17. The SMILES string of the molecule is CN1CCC(N2C(=O)Cc3cc(Nc4ncc(C(F)(F)F)c(Oc5cccc6c5C(=O)N(C)C65CC5)n4)ccc32)CC1. The molecule has 218 valence electrons. The maximum atomic E-state index is 14.0. The molecule has 3 aliphatic heterocycles. The number of anilines is 3. The molecule has 4 aliphatic rings. The van der Waals surface area contributed by atoms with Crippen LogP contribution >= 0.6 is 0 Å². The minimum absolute atomic E-state index is 0.0216. The van der Waals surface area contributed by atoms with Gasteiger partial charge in [-0.1, -0.05) is 12.1 Å². The van der Waals surface area contributed by atoms with Gasteiger partial charge in [-0.15, -0.1) is 0 Å². The first-order chi connectivity index (χ1) is 20.0. The van der Waals surface area contributed by atoms with Crippen LogP contribution in [0, 0.1) is 0 Å². The molecule has 3 aromatic rings. The van der Waals surface area contributed by atoms with Gasteiger partial charge in [0.05, 0.1) is 17.5 Å². The van der Waals surface area contributed by atoms with Crippen molar-refractivity contribution in [1.82, 2.24) is 19.8 Å². The molecule has 1 aliphatic carbocycles. The zero-order chi connectivity index (χ0) is 29.4. The lowest BCUT2D eigenvalue weighted by Gasteiger charge is -2.35. The van der Waals surface area contributed by atoms with E-state index in [1.807, 2.05) is 17.0 Å². The molecule has 12 heteroatoms. The zero-order valence-corrected chi connectivity index (χ0v) is 23.2. The number of alkyl halides is 3. The van der Waals surface area contributed by atoms with Gasteiger partial charge in [0, 0.05) is 30.7 Å². The van der Waals surface area contributed by atoms with E-state index in [9.17, 15) is 22.8 Å². The van der Waals surface area contributed by atoms with Gasteiger partial charge in [0.2, 0.25) is 17.7 Å². The summed E-state index contributed by atoms with van der Waals surface area (Å²) >= 11 is 0. The van der Waals surface area contributed by atoms with E-state index >= 15 is 0 Å². The lowest BCUT2D eigenvalue weighted by atomic mass is 10.0. The molecular formula is C30H29F3N6O3. The van der Waals surface area contributed by atoms with Crippen LogP contribution in [0.5, 0.6) is 11.6 Å². The maximum Gasteiger partial charge on any atom is 0.423 e. The fraction of sp³-hybridized carbons (Fsp3) is 0.400. The summed E-state index contributed by atoms with van der Waals surface area (Å²) in [7, 11) is 3.77. The number of aromatic nitrogens is 2. The lowest BCUT2D eigenvalue weighted by molar-refractivity contribution is -0.139. The first-order valence-electron chi connectivity index (χ1n) is 14.0. The quantitative estimate of drug-likeness (QED) is 0.451. The van der Waals surface area contributed by atoms with Gasteiger partial charge in [0.1, 0.15) is 11.3 Å². The molecule has 2 fully saturated rings. The van der Waals surface area contributed by atoms with Crippen LogP contribution in [0.25, 0.3) is 0 Å². The van der Waals surface area contributed by atoms with Crippen molar-refractivity contribution >= 4 is 29.1 Å². The Morgan fingerprint density at radius 1 is 1.07 bits per heavy atom. The van der Waals surface area contributed by atoms with Gasteiger partial charge < -0.3 is 24.8 Å². The molecule has 1 aromatic heterocycles. The van der Waals surface area contributed by atoms with E-state index in [0.29, 0.717) is 11.9 Å². The summed E-state index contributed by atoms with van der Waals surface area (Å²) in [5.74, 6) is -1.04. The average Bonchev–Trinajstić information content (AvgIpc) is 3.65. The second-order valence-corrected chi connectivity index (χ2v) is 11.5. The van der Waals surface area contributed by atoms with E-state index in [4.69, 9.17) is 4.74 Å². The fourth-order valence-corrected chi connectivity index (χ4v) is 6.50. The molecule has 1 spiro atoms. The highest BCUT2D eigenvalue weighted by molar-refractivity contribution is 6.03. The predicted molar refractivity (Wildman–Crippen MR) is 148 cm³/mol. The Kier molecular flexibility index (Phi) is 5.98. The van der Waals surface area contributed by atoms with E-state index in [-0.39, 0.29) is 41.5 Å². The standard InChI is InChI=1S/C30H29F3N6O3/c1-37-12-8-19(9-13-37)39-22-7-6-18(14-17(22)15-24(39)40)35-28-34-16-21(30(31,32)33)26(36-28)42-23-5-3-4-20-25(23)27(41)38(2)29(20)10-11-29/h3-7,14,16,19H,8-13,15H2,1-2H3,(H,34,35,36). The number of rotatable bonds is 5. The molecule has 42 heavy (non-hydrogen) atoms.